The van der Waals surface area contributed by atoms with Gasteiger partial charge in [0.25, 0.3) is 0 Å². The van der Waals surface area contributed by atoms with Crippen molar-refractivity contribution in [1.82, 2.24) is 10.2 Å². The van der Waals surface area contributed by atoms with E-state index in [1.165, 1.54) is 0 Å². The zero-order valence-electron chi connectivity index (χ0n) is 7.37. The number of fused-ring (bicyclic) bond motifs is 1. The third-order valence-electron chi connectivity index (χ3n) is 1.84. The van der Waals surface area contributed by atoms with Crippen molar-refractivity contribution < 1.29 is 0 Å². The number of H-pyrrole nitrogens is 1. The summed E-state index contributed by atoms with van der Waals surface area (Å²) in [4.78, 5) is 4.12. The molecule has 2 aromatic rings. The van der Waals surface area contributed by atoms with Crippen LogP contribution < -0.4 is 5.73 Å². The summed E-state index contributed by atoms with van der Waals surface area (Å²) in [5.41, 5.74) is 7.23. The molecule has 0 saturated heterocycles. The molecule has 0 spiro atoms. The highest BCUT2D eigenvalue weighted by Gasteiger charge is 1.97. The van der Waals surface area contributed by atoms with E-state index >= 15 is 0 Å². The molecule has 2 rings (SSSR count). The SMILES string of the molecule is NC(CCl)=Nc1ccc2cn[nH]c2c1. The molecule has 0 radical (unpaired) electrons. The smallest absolute Gasteiger partial charge is 0.115 e. The number of rotatable bonds is 2. The topological polar surface area (TPSA) is 67.1 Å². The lowest BCUT2D eigenvalue weighted by atomic mass is 10.2. The van der Waals surface area contributed by atoms with Gasteiger partial charge in [-0.2, -0.15) is 5.10 Å². The maximum absolute atomic E-state index is 5.52. The zero-order valence-corrected chi connectivity index (χ0v) is 8.12. The van der Waals surface area contributed by atoms with E-state index in [9.17, 15) is 0 Å². The van der Waals surface area contributed by atoms with Gasteiger partial charge < -0.3 is 5.73 Å². The van der Waals surface area contributed by atoms with Crippen LogP contribution in [0.4, 0.5) is 5.69 Å². The Kier molecular flexibility index (Phi) is 2.37. The molecule has 0 unspecified atom stereocenters. The highest BCUT2D eigenvalue weighted by atomic mass is 35.5. The van der Waals surface area contributed by atoms with E-state index < -0.39 is 0 Å². The van der Waals surface area contributed by atoms with Gasteiger partial charge in [-0.3, -0.25) is 5.10 Å². The Labute approximate surface area is 85.8 Å². The number of nitrogens with one attached hydrogen (secondary N) is 1. The lowest BCUT2D eigenvalue weighted by molar-refractivity contribution is 1.12. The average molecular weight is 209 g/mol. The van der Waals surface area contributed by atoms with E-state index in [1.807, 2.05) is 18.2 Å². The van der Waals surface area contributed by atoms with Crippen molar-refractivity contribution in [2.45, 2.75) is 0 Å². The fourth-order valence-electron chi connectivity index (χ4n) is 1.19. The number of halogens is 1. The third-order valence-corrected chi connectivity index (χ3v) is 2.11. The molecule has 3 N–H and O–H groups in total. The first-order valence-electron chi connectivity index (χ1n) is 4.12. The van der Waals surface area contributed by atoms with Gasteiger partial charge in [-0.05, 0) is 18.2 Å². The molecule has 0 aliphatic heterocycles. The van der Waals surface area contributed by atoms with Crippen LogP contribution in [0.1, 0.15) is 0 Å². The summed E-state index contributed by atoms with van der Waals surface area (Å²) in [5, 5.41) is 7.82. The van der Waals surface area contributed by atoms with E-state index in [0.717, 1.165) is 16.6 Å². The summed E-state index contributed by atoms with van der Waals surface area (Å²) in [6, 6.07) is 5.68. The maximum atomic E-state index is 5.52. The Morgan fingerprint density at radius 2 is 2.43 bits per heavy atom. The van der Waals surface area contributed by atoms with Crippen molar-refractivity contribution in [2.75, 3.05) is 5.88 Å². The first-order chi connectivity index (χ1) is 6.79. The number of aromatic nitrogens is 2. The number of nitrogens with two attached hydrogens (primary N) is 1. The van der Waals surface area contributed by atoms with Gasteiger partial charge in [-0.15, -0.1) is 11.6 Å². The second-order valence-corrected chi connectivity index (χ2v) is 3.15. The van der Waals surface area contributed by atoms with Crippen LogP contribution in [0.15, 0.2) is 29.4 Å². The van der Waals surface area contributed by atoms with Gasteiger partial charge in [0.15, 0.2) is 0 Å². The number of amidine groups is 1. The molecule has 0 aliphatic rings. The molecule has 5 heteroatoms. The Bertz CT molecular complexity index is 474. The van der Waals surface area contributed by atoms with Crippen molar-refractivity contribution in [3.05, 3.63) is 24.4 Å². The summed E-state index contributed by atoms with van der Waals surface area (Å²) < 4.78 is 0. The summed E-state index contributed by atoms with van der Waals surface area (Å²) in [7, 11) is 0. The molecule has 4 nitrogen and oxygen atoms in total. The molecule has 0 aliphatic carbocycles. The van der Waals surface area contributed by atoms with Crippen LogP contribution in [-0.2, 0) is 0 Å². The molecule has 0 fully saturated rings. The van der Waals surface area contributed by atoms with Crippen LogP contribution in [-0.4, -0.2) is 21.9 Å². The fraction of sp³-hybridized carbons (Fsp3) is 0.111. The maximum Gasteiger partial charge on any atom is 0.115 e. The van der Waals surface area contributed by atoms with Crippen LogP contribution in [0.2, 0.25) is 0 Å². The molecular weight excluding hydrogens is 200 g/mol. The Balaban J connectivity index is 2.44. The van der Waals surface area contributed by atoms with E-state index in [0.29, 0.717) is 5.84 Å². The molecule has 0 bridgehead atoms. The summed E-state index contributed by atoms with van der Waals surface area (Å²) in [5.74, 6) is 0.645. The number of aliphatic imine (C=N–C) groups is 1. The van der Waals surface area contributed by atoms with Gasteiger partial charge in [0.1, 0.15) is 5.84 Å². The number of hydrogen-bond donors (Lipinski definition) is 2. The second-order valence-electron chi connectivity index (χ2n) is 2.88. The normalized spacial score (nSPS) is 12.2. The minimum absolute atomic E-state index is 0.237. The molecule has 0 atom stereocenters. The Morgan fingerprint density at radius 1 is 1.57 bits per heavy atom. The molecule has 1 aromatic heterocycles. The van der Waals surface area contributed by atoms with Crippen LogP contribution >= 0.6 is 11.6 Å². The average Bonchev–Trinajstić information content (AvgIpc) is 2.64. The van der Waals surface area contributed by atoms with Crippen molar-refractivity contribution in [3.8, 4) is 0 Å². The van der Waals surface area contributed by atoms with Gasteiger partial charge in [-0.25, -0.2) is 4.99 Å². The lowest BCUT2D eigenvalue weighted by Gasteiger charge is -1.96. The predicted molar refractivity (Wildman–Crippen MR) is 58.1 cm³/mol. The molecule has 0 amide bonds. The van der Waals surface area contributed by atoms with Crippen molar-refractivity contribution >= 4 is 34.0 Å². The number of aromatic amines is 1. The van der Waals surface area contributed by atoms with E-state index in [1.54, 1.807) is 6.20 Å². The zero-order chi connectivity index (χ0) is 9.97. The summed E-state index contributed by atoms with van der Waals surface area (Å²) in [6.07, 6.45) is 1.76. The standard InChI is InChI=1S/C9H9ClN4/c10-4-9(11)13-7-2-1-6-5-12-14-8(6)3-7/h1-3,5H,4H2,(H2,11,13)(H,12,14). The third kappa shape index (κ3) is 1.70. The molecule has 1 heterocycles. The van der Waals surface area contributed by atoms with E-state index in [-0.39, 0.29) is 5.88 Å². The van der Waals surface area contributed by atoms with Crippen molar-refractivity contribution in [3.63, 3.8) is 0 Å². The Morgan fingerprint density at radius 3 is 3.21 bits per heavy atom. The fourth-order valence-corrected chi connectivity index (χ4v) is 1.25. The van der Waals surface area contributed by atoms with E-state index in [2.05, 4.69) is 15.2 Å². The van der Waals surface area contributed by atoms with Gasteiger partial charge in [0.05, 0.1) is 23.3 Å². The largest absolute Gasteiger partial charge is 0.386 e. The van der Waals surface area contributed by atoms with Crippen LogP contribution in [0, 0.1) is 0 Å². The van der Waals surface area contributed by atoms with E-state index in [4.69, 9.17) is 17.3 Å². The summed E-state index contributed by atoms with van der Waals surface area (Å²) in [6.45, 7) is 0. The van der Waals surface area contributed by atoms with Crippen molar-refractivity contribution in [1.29, 1.82) is 0 Å². The van der Waals surface area contributed by atoms with Crippen LogP contribution in [0.3, 0.4) is 0 Å². The predicted octanol–water partition coefficient (Wildman–Crippen LogP) is 1.79. The van der Waals surface area contributed by atoms with Crippen molar-refractivity contribution in [2.24, 2.45) is 10.7 Å². The minimum atomic E-state index is 0.237. The van der Waals surface area contributed by atoms with Gasteiger partial charge in [0, 0.05) is 5.39 Å². The van der Waals surface area contributed by atoms with Crippen LogP contribution in [0.25, 0.3) is 10.9 Å². The molecule has 72 valence electrons. The number of hydrogen-bond acceptors (Lipinski definition) is 2. The number of benzene rings is 1. The monoisotopic (exact) mass is 208 g/mol. The first-order valence-corrected chi connectivity index (χ1v) is 4.65. The van der Waals surface area contributed by atoms with Gasteiger partial charge in [0.2, 0.25) is 0 Å². The highest BCUT2D eigenvalue weighted by molar-refractivity contribution is 6.28. The first kappa shape index (κ1) is 9.02. The number of alkyl halides is 1. The van der Waals surface area contributed by atoms with Gasteiger partial charge in [-0.1, -0.05) is 0 Å². The quantitative estimate of drug-likeness (QED) is 0.449. The minimum Gasteiger partial charge on any atom is -0.386 e. The molecule has 0 saturated carbocycles. The highest BCUT2D eigenvalue weighted by Crippen LogP contribution is 2.18. The second kappa shape index (κ2) is 3.67. The lowest BCUT2D eigenvalue weighted by Crippen LogP contribution is -2.12. The molecule has 14 heavy (non-hydrogen) atoms. The molecule has 1 aromatic carbocycles. The molecular formula is C9H9ClN4. The summed E-state index contributed by atoms with van der Waals surface area (Å²) >= 11 is 5.52. The Hall–Kier alpha value is -1.55. The number of nitrogens with zero attached hydrogens (tertiary/aromatic N) is 2. The van der Waals surface area contributed by atoms with Gasteiger partial charge >= 0.3 is 0 Å². The van der Waals surface area contributed by atoms with Crippen LogP contribution in [0.5, 0.6) is 0 Å².